The molecule has 2 aromatic rings. The van der Waals surface area contributed by atoms with Crippen molar-refractivity contribution >= 4 is 21.8 Å². The molecule has 11 heteroatoms. The Kier molecular flexibility index (Phi) is 7.44. The Morgan fingerprint density at radius 3 is 2.47 bits per heavy atom. The number of rotatable bonds is 8. The summed E-state index contributed by atoms with van der Waals surface area (Å²) < 4.78 is 34.5. The average molecular weight is 492 g/mol. The van der Waals surface area contributed by atoms with Crippen LogP contribution in [0, 0.1) is 5.92 Å². The summed E-state index contributed by atoms with van der Waals surface area (Å²) in [4.78, 5) is 26.8. The van der Waals surface area contributed by atoms with E-state index in [9.17, 15) is 18.0 Å². The minimum absolute atomic E-state index is 0.00255. The van der Waals surface area contributed by atoms with Gasteiger partial charge in [-0.25, -0.2) is 8.42 Å². The van der Waals surface area contributed by atoms with Crippen molar-refractivity contribution in [1.82, 2.24) is 19.1 Å². The van der Waals surface area contributed by atoms with Crippen LogP contribution in [0.15, 0.2) is 40.0 Å². The van der Waals surface area contributed by atoms with E-state index in [1.807, 2.05) is 12.1 Å². The van der Waals surface area contributed by atoms with E-state index in [-0.39, 0.29) is 41.5 Å². The first kappa shape index (κ1) is 24.5. The number of hydrogen-bond acceptors (Lipinski definition) is 6. The number of carbonyl (C=O) groups is 2. The Bertz CT molecular complexity index is 1100. The number of likely N-dealkylation sites (tertiary alicyclic amines) is 1. The van der Waals surface area contributed by atoms with Gasteiger partial charge in [0.25, 0.3) is 5.91 Å². The van der Waals surface area contributed by atoms with Crippen LogP contribution >= 0.6 is 0 Å². The second-order valence-corrected chi connectivity index (χ2v) is 11.0. The summed E-state index contributed by atoms with van der Waals surface area (Å²) in [5, 5.41) is 3.08. The predicted molar refractivity (Wildman–Crippen MR) is 125 cm³/mol. The van der Waals surface area contributed by atoms with Crippen LogP contribution in [-0.4, -0.2) is 66.7 Å². The van der Waals surface area contributed by atoms with Gasteiger partial charge in [0.15, 0.2) is 0 Å². The third-order valence-electron chi connectivity index (χ3n) is 6.87. The number of nitrogens with two attached hydrogens (primary N) is 1. The molecule has 1 unspecified atom stereocenters. The van der Waals surface area contributed by atoms with Crippen LogP contribution in [0.1, 0.15) is 54.4 Å². The second kappa shape index (κ2) is 10.3. The molecule has 0 saturated carbocycles. The first-order valence-corrected chi connectivity index (χ1v) is 13.2. The Balaban J connectivity index is 1.34. The van der Waals surface area contributed by atoms with E-state index >= 15 is 0 Å². The molecule has 4 heterocycles. The number of sulfonamides is 1. The molecule has 2 aromatic heterocycles. The van der Waals surface area contributed by atoms with Crippen molar-refractivity contribution in [1.29, 1.82) is 0 Å². The number of nitrogens with one attached hydrogen (secondary N) is 1. The van der Waals surface area contributed by atoms with Gasteiger partial charge in [-0.15, -0.1) is 0 Å². The topological polar surface area (TPSA) is 131 Å². The van der Waals surface area contributed by atoms with Crippen molar-refractivity contribution in [3.8, 4) is 0 Å². The number of amides is 2. The average Bonchev–Trinajstić information content (AvgIpc) is 3.50. The lowest BCUT2D eigenvalue weighted by Gasteiger charge is -2.34. The molecule has 2 aliphatic heterocycles. The number of carbonyl (C=O) groups excluding carboxylic acids is 2. The molecule has 186 valence electrons. The summed E-state index contributed by atoms with van der Waals surface area (Å²) in [6.45, 7) is 2.91. The molecular weight excluding hydrogens is 458 g/mol. The number of hydrogen-bond donors (Lipinski definition) is 2. The standard InChI is InChI=1S/C23H33N5O5S/c1-26-16-18(14-19(26)22(24)29)34(31,32)28-11-7-17(8-12-28)23(30)25-15-20(21-6-5-13-33-21)27-9-3-2-4-10-27/h5-6,13-14,16-17,20H,2-4,7-12,15H2,1H3,(H2,24,29)(H,25,30). The van der Waals surface area contributed by atoms with Gasteiger partial charge in [-0.2, -0.15) is 4.31 Å². The summed E-state index contributed by atoms with van der Waals surface area (Å²) in [6.07, 6.45) is 7.43. The van der Waals surface area contributed by atoms with Gasteiger partial charge in [0.2, 0.25) is 15.9 Å². The zero-order valence-corrected chi connectivity index (χ0v) is 20.3. The third kappa shape index (κ3) is 5.21. The van der Waals surface area contributed by atoms with Gasteiger partial charge in [-0.1, -0.05) is 6.42 Å². The molecule has 0 aromatic carbocycles. The van der Waals surface area contributed by atoms with Crippen LogP contribution in [0.3, 0.4) is 0 Å². The van der Waals surface area contributed by atoms with Gasteiger partial charge < -0.3 is 20.0 Å². The molecule has 2 amide bonds. The summed E-state index contributed by atoms with van der Waals surface area (Å²) in [5.41, 5.74) is 5.44. The Morgan fingerprint density at radius 1 is 1.18 bits per heavy atom. The number of aromatic nitrogens is 1. The maximum Gasteiger partial charge on any atom is 0.265 e. The molecule has 4 rings (SSSR count). The molecule has 2 aliphatic rings. The molecule has 2 saturated heterocycles. The molecule has 0 bridgehead atoms. The van der Waals surface area contributed by atoms with Crippen molar-refractivity contribution < 1.29 is 22.4 Å². The van der Waals surface area contributed by atoms with Crippen molar-refractivity contribution in [2.75, 3.05) is 32.7 Å². The largest absolute Gasteiger partial charge is 0.468 e. The number of aryl methyl sites for hydroxylation is 1. The lowest BCUT2D eigenvalue weighted by molar-refractivity contribution is -0.126. The highest BCUT2D eigenvalue weighted by atomic mass is 32.2. The molecule has 0 radical (unpaired) electrons. The molecule has 2 fully saturated rings. The molecular formula is C23H33N5O5S. The maximum atomic E-state index is 13.0. The van der Waals surface area contributed by atoms with E-state index in [1.54, 1.807) is 13.3 Å². The van der Waals surface area contributed by atoms with Crippen molar-refractivity contribution in [2.24, 2.45) is 18.7 Å². The van der Waals surface area contributed by atoms with E-state index in [1.165, 1.54) is 27.6 Å². The van der Waals surface area contributed by atoms with Gasteiger partial charge in [0, 0.05) is 38.8 Å². The molecule has 1 atom stereocenters. The van der Waals surface area contributed by atoms with Crippen molar-refractivity contribution in [2.45, 2.75) is 43.0 Å². The normalized spacial score (nSPS) is 19.7. The fourth-order valence-electron chi connectivity index (χ4n) is 4.89. The number of piperidine rings is 2. The van der Waals surface area contributed by atoms with Gasteiger partial charge in [0.05, 0.1) is 12.3 Å². The summed E-state index contributed by atoms with van der Waals surface area (Å²) in [7, 11) is -2.18. The van der Waals surface area contributed by atoms with Gasteiger partial charge in [-0.3, -0.25) is 14.5 Å². The van der Waals surface area contributed by atoms with Crippen LogP contribution < -0.4 is 11.1 Å². The highest BCUT2D eigenvalue weighted by molar-refractivity contribution is 7.89. The Hall–Kier alpha value is -2.63. The first-order valence-electron chi connectivity index (χ1n) is 11.8. The Labute approximate surface area is 200 Å². The minimum atomic E-state index is -3.76. The predicted octanol–water partition coefficient (Wildman–Crippen LogP) is 1.46. The molecule has 34 heavy (non-hydrogen) atoms. The summed E-state index contributed by atoms with van der Waals surface area (Å²) in [5.74, 6) is -0.138. The Morgan fingerprint density at radius 2 is 1.88 bits per heavy atom. The fourth-order valence-corrected chi connectivity index (χ4v) is 6.43. The van der Waals surface area contributed by atoms with Gasteiger partial charge in [0.1, 0.15) is 16.3 Å². The van der Waals surface area contributed by atoms with E-state index in [0.29, 0.717) is 19.4 Å². The summed E-state index contributed by atoms with van der Waals surface area (Å²) in [6, 6.07) is 5.11. The van der Waals surface area contributed by atoms with Crippen LogP contribution in [0.2, 0.25) is 0 Å². The van der Waals surface area contributed by atoms with E-state index in [4.69, 9.17) is 10.2 Å². The van der Waals surface area contributed by atoms with Crippen LogP contribution in [-0.2, 0) is 21.9 Å². The second-order valence-electron chi connectivity index (χ2n) is 9.09. The maximum absolute atomic E-state index is 13.0. The minimum Gasteiger partial charge on any atom is -0.468 e. The number of primary amides is 1. The SMILES string of the molecule is Cn1cc(S(=O)(=O)N2CCC(C(=O)NCC(c3ccco3)N3CCCCC3)CC2)cc1C(N)=O. The lowest BCUT2D eigenvalue weighted by Crippen LogP contribution is -2.45. The number of furan rings is 1. The van der Waals surface area contributed by atoms with E-state index in [2.05, 4.69) is 10.2 Å². The molecule has 0 spiro atoms. The van der Waals surface area contributed by atoms with E-state index < -0.39 is 15.9 Å². The lowest BCUT2D eigenvalue weighted by atomic mass is 9.97. The smallest absolute Gasteiger partial charge is 0.265 e. The first-order chi connectivity index (χ1) is 16.3. The highest BCUT2D eigenvalue weighted by Gasteiger charge is 2.34. The molecule has 10 nitrogen and oxygen atoms in total. The third-order valence-corrected chi connectivity index (χ3v) is 8.73. The number of nitrogens with zero attached hydrogens (tertiary/aromatic N) is 3. The van der Waals surface area contributed by atoms with Gasteiger partial charge in [-0.05, 0) is 57.0 Å². The highest BCUT2D eigenvalue weighted by Crippen LogP contribution is 2.27. The summed E-state index contributed by atoms with van der Waals surface area (Å²) >= 11 is 0. The zero-order chi connectivity index (χ0) is 24.3. The van der Waals surface area contributed by atoms with Gasteiger partial charge >= 0.3 is 0 Å². The molecule has 0 aliphatic carbocycles. The fraction of sp³-hybridized carbons (Fsp3) is 0.565. The van der Waals surface area contributed by atoms with Crippen molar-refractivity contribution in [3.05, 3.63) is 42.1 Å². The quantitative estimate of drug-likeness (QED) is 0.575. The monoisotopic (exact) mass is 491 g/mol. The van der Waals surface area contributed by atoms with Crippen molar-refractivity contribution in [3.63, 3.8) is 0 Å². The van der Waals surface area contributed by atoms with E-state index in [0.717, 1.165) is 31.7 Å². The zero-order valence-electron chi connectivity index (χ0n) is 19.5. The molecule has 3 N–H and O–H groups in total. The van der Waals surface area contributed by atoms with Crippen LogP contribution in [0.4, 0.5) is 0 Å². The van der Waals surface area contributed by atoms with Crippen LogP contribution in [0.5, 0.6) is 0 Å². The van der Waals surface area contributed by atoms with Crippen LogP contribution in [0.25, 0.3) is 0 Å².